The van der Waals surface area contributed by atoms with Gasteiger partial charge in [-0.2, -0.15) is 0 Å². The number of hydrogen-bond acceptors (Lipinski definition) is 6. The minimum atomic E-state index is -0.382. The molecule has 1 aliphatic rings. The minimum absolute atomic E-state index is 0.259. The number of methoxy groups -OCH3 is 2. The topological polar surface area (TPSA) is 51.7 Å². The first-order chi connectivity index (χ1) is 8.24. The molecule has 1 saturated heterocycles. The average molecular weight is 256 g/mol. The highest BCUT2D eigenvalue weighted by molar-refractivity contribution is 7.13. The van der Waals surface area contributed by atoms with E-state index in [9.17, 15) is 4.79 Å². The Morgan fingerprint density at radius 2 is 2.41 bits per heavy atom. The van der Waals surface area contributed by atoms with Crippen molar-refractivity contribution in [3.63, 3.8) is 0 Å². The Balaban J connectivity index is 2.06. The number of esters is 1. The second kappa shape index (κ2) is 5.46. The Labute approximate surface area is 104 Å². The fourth-order valence-corrected chi connectivity index (χ4v) is 2.74. The summed E-state index contributed by atoms with van der Waals surface area (Å²) in [5, 5.41) is 2.60. The predicted octanol–water partition coefficient (Wildman–Crippen LogP) is 1.54. The lowest BCUT2D eigenvalue weighted by molar-refractivity contribution is 0.0595. The molecule has 2 heterocycles. The number of hydrogen-bond donors (Lipinski definition) is 0. The zero-order valence-corrected chi connectivity index (χ0v) is 10.8. The van der Waals surface area contributed by atoms with Gasteiger partial charge in [0.25, 0.3) is 0 Å². The van der Waals surface area contributed by atoms with Crippen molar-refractivity contribution in [1.29, 1.82) is 0 Å². The van der Waals surface area contributed by atoms with Crippen molar-refractivity contribution in [2.45, 2.75) is 18.9 Å². The second-order valence-electron chi connectivity index (χ2n) is 3.95. The van der Waals surface area contributed by atoms with Crippen LogP contribution in [0, 0.1) is 0 Å². The summed E-state index contributed by atoms with van der Waals surface area (Å²) < 4.78 is 10.0. The van der Waals surface area contributed by atoms with Crippen molar-refractivity contribution in [3.8, 4) is 0 Å². The van der Waals surface area contributed by atoms with E-state index in [4.69, 9.17) is 4.74 Å². The van der Waals surface area contributed by atoms with Crippen LogP contribution < -0.4 is 4.90 Å². The quantitative estimate of drug-likeness (QED) is 0.768. The molecule has 0 aliphatic carbocycles. The van der Waals surface area contributed by atoms with E-state index < -0.39 is 0 Å². The van der Waals surface area contributed by atoms with Crippen LogP contribution in [-0.2, 0) is 9.47 Å². The third kappa shape index (κ3) is 2.76. The number of aromatic nitrogens is 1. The summed E-state index contributed by atoms with van der Waals surface area (Å²) in [4.78, 5) is 17.8. The lowest BCUT2D eigenvalue weighted by Gasteiger charge is -2.31. The maximum Gasteiger partial charge on any atom is 0.357 e. The number of carbonyl (C=O) groups excluding carboxylic acids is 1. The lowest BCUT2D eigenvalue weighted by Crippen LogP contribution is -2.39. The first-order valence-corrected chi connectivity index (χ1v) is 6.44. The number of ether oxygens (including phenoxy) is 2. The fourth-order valence-electron chi connectivity index (χ4n) is 1.91. The summed E-state index contributed by atoms with van der Waals surface area (Å²) in [6.07, 6.45) is 2.43. The summed E-state index contributed by atoms with van der Waals surface area (Å²) >= 11 is 1.47. The van der Waals surface area contributed by atoms with Gasteiger partial charge in [-0.3, -0.25) is 0 Å². The summed E-state index contributed by atoms with van der Waals surface area (Å²) in [5.74, 6) is -0.382. The van der Waals surface area contributed by atoms with Gasteiger partial charge in [0, 0.05) is 25.6 Å². The molecule has 0 amide bonds. The Kier molecular flexibility index (Phi) is 3.96. The SMILES string of the molecule is COC(=O)c1csc(N2CCCC(OC)C2)n1. The summed E-state index contributed by atoms with van der Waals surface area (Å²) in [5.41, 5.74) is 0.382. The van der Waals surface area contributed by atoms with Crippen molar-refractivity contribution < 1.29 is 14.3 Å². The largest absolute Gasteiger partial charge is 0.464 e. The first kappa shape index (κ1) is 12.3. The fraction of sp³-hybridized carbons (Fsp3) is 0.636. The molecule has 6 heteroatoms. The van der Waals surface area contributed by atoms with E-state index in [2.05, 4.69) is 14.6 Å². The molecule has 1 aromatic rings. The van der Waals surface area contributed by atoms with E-state index in [1.807, 2.05) is 0 Å². The van der Waals surface area contributed by atoms with E-state index in [-0.39, 0.29) is 12.1 Å². The third-order valence-electron chi connectivity index (χ3n) is 2.87. The molecule has 0 bridgehead atoms. The second-order valence-corrected chi connectivity index (χ2v) is 4.79. The molecule has 0 spiro atoms. The van der Waals surface area contributed by atoms with Gasteiger partial charge in [-0.1, -0.05) is 0 Å². The third-order valence-corrected chi connectivity index (χ3v) is 3.77. The van der Waals surface area contributed by atoms with Gasteiger partial charge >= 0.3 is 5.97 Å². The molecule has 1 aromatic heterocycles. The number of nitrogens with zero attached hydrogens (tertiary/aromatic N) is 2. The molecule has 5 nitrogen and oxygen atoms in total. The van der Waals surface area contributed by atoms with Gasteiger partial charge in [0.2, 0.25) is 0 Å². The zero-order chi connectivity index (χ0) is 12.3. The number of anilines is 1. The van der Waals surface area contributed by atoms with E-state index in [1.165, 1.54) is 18.4 Å². The van der Waals surface area contributed by atoms with Crippen LogP contribution in [0.1, 0.15) is 23.3 Å². The summed E-state index contributed by atoms with van der Waals surface area (Å²) in [7, 11) is 3.10. The van der Waals surface area contributed by atoms with Gasteiger partial charge in [-0.15, -0.1) is 11.3 Å². The van der Waals surface area contributed by atoms with Crippen LogP contribution in [0.25, 0.3) is 0 Å². The summed E-state index contributed by atoms with van der Waals surface area (Å²) in [6.45, 7) is 1.80. The molecule has 1 aliphatic heterocycles. The number of rotatable bonds is 3. The highest BCUT2D eigenvalue weighted by Gasteiger charge is 2.22. The summed E-state index contributed by atoms with van der Waals surface area (Å²) in [6, 6.07) is 0. The predicted molar refractivity (Wildman–Crippen MR) is 65.7 cm³/mol. The van der Waals surface area contributed by atoms with Crippen LogP contribution in [0.15, 0.2) is 5.38 Å². The maximum atomic E-state index is 11.3. The van der Waals surface area contributed by atoms with Gasteiger partial charge in [0.1, 0.15) is 0 Å². The van der Waals surface area contributed by atoms with Crippen LogP contribution in [-0.4, -0.2) is 44.4 Å². The van der Waals surface area contributed by atoms with Crippen LogP contribution >= 0.6 is 11.3 Å². The Bertz CT molecular complexity index is 394. The van der Waals surface area contributed by atoms with Gasteiger partial charge in [-0.25, -0.2) is 9.78 Å². The standard InChI is InChI=1S/C11H16N2O3S/c1-15-8-4-3-5-13(6-8)11-12-9(7-17-11)10(14)16-2/h7-8H,3-6H2,1-2H3. The number of thiazole rings is 1. The average Bonchev–Trinajstić information content (AvgIpc) is 2.87. The van der Waals surface area contributed by atoms with E-state index >= 15 is 0 Å². The van der Waals surface area contributed by atoms with Gasteiger partial charge in [0.15, 0.2) is 10.8 Å². The van der Waals surface area contributed by atoms with Crippen molar-refractivity contribution in [2.24, 2.45) is 0 Å². The highest BCUT2D eigenvalue weighted by atomic mass is 32.1. The molecule has 0 N–H and O–H groups in total. The van der Waals surface area contributed by atoms with Crippen LogP contribution in [0.2, 0.25) is 0 Å². The van der Waals surface area contributed by atoms with Gasteiger partial charge in [0.05, 0.1) is 13.2 Å². The number of piperidine rings is 1. The molecule has 0 saturated carbocycles. The highest BCUT2D eigenvalue weighted by Crippen LogP contribution is 2.25. The van der Waals surface area contributed by atoms with E-state index in [0.29, 0.717) is 5.69 Å². The molecule has 2 rings (SSSR count). The molecule has 1 unspecified atom stereocenters. The lowest BCUT2D eigenvalue weighted by atomic mass is 10.1. The molecule has 1 atom stereocenters. The molecule has 94 valence electrons. The first-order valence-electron chi connectivity index (χ1n) is 5.56. The molecule has 1 fully saturated rings. The van der Waals surface area contributed by atoms with Crippen LogP contribution in [0.3, 0.4) is 0 Å². The van der Waals surface area contributed by atoms with Gasteiger partial charge < -0.3 is 14.4 Å². The number of carbonyl (C=O) groups is 1. The molecule has 17 heavy (non-hydrogen) atoms. The monoisotopic (exact) mass is 256 g/mol. The van der Waals surface area contributed by atoms with Crippen LogP contribution in [0.4, 0.5) is 5.13 Å². The Hall–Kier alpha value is -1.14. The van der Waals surface area contributed by atoms with Crippen LogP contribution in [0.5, 0.6) is 0 Å². The zero-order valence-electron chi connectivity index (χ0n) is 10.0. The maximum absolute atomic E-state index is 11.3. The molecular weight excluding hydrogens is 240 g/mol. The van der Waals surface area contributed by atoms with Crippen molar-refractivity contribution in [3.05, 3.63) is 11.1 Å². The normalized spacial score (nSPS) is 20.4. The van der Waals surface area contributed by atoms with E-state index in [0.717, 1.165) is 31.1 Å². The Morgan fingerprint density at radius 3 is 3.12 bits per heavy atom. The molecule has 0 radical (unpaired) electrons. The smallest absolute Gasteiger partial charge is 0.357 e. The molecule has 0 aromatic carbocycles. The van der Waals surface area contributed by atoms with E-state index in [1.54, 1.807) is 12.5 Å². The van der Waals surface area contributed by atoms with Crippen molar-refractivity contribution >= 4 is 22.4 Å². The van der Waals surface area contributed by atoms with Crippen molar-refractivity contribution in [1.82, 2.24) is 4.98 Å². The van der Waals surface area contributed by atoms with Crippen molar-refractivity contribution in [2.75, 3.05) is 32.2 Å². The minimum Gasteiger partial charge on any atom is -0.464 e. The Morgan fingerprint density at radius 1 is 1.59 bits per heavy atom. The molecular formula is C11H16N2O3S. The van der Waals surface area contributed by atoms with Gasteiger partial charge in [-0.05, 0) is 12.8 Å².